The van der Waals surface area contributed by atoms with E-state index in [0.717, 1.165) is 0 Å². The second kappa shape index (κ2) is 11.1. The number of thiol groups is 2. The Morgan fingerprint density at radius 3 is 3.11 bits per heavy atom. The van der Waals surface area contributed by atoms with Crippen molar-refractivity contribution in [1.82, 2.24) is 19.5 Å². The highest BCUT2D eigenvalue weighted by molar-refractivity contribution is 8.42. The van der Waals surface area contributed by atoms with Crippen LogP contribution in [-0.2, 0) is 36.2 Å². The zero-order valence-corrected chi connectivity index (χ0v) is 18.5. The lowest BCUT2D eigenvalue weighted by Gasteiger charge is -2.17. The van der Waals surface area contributed by atoms with Gasteiger partial charge in [-0.3, -0.25) is 0 Å². The summed E-state index contributed by atoms with van der Waals surface area (Å²) in [5.74, 6) is 2.15. The molecule has 1 fully saturated rings. The summed E-state index contributed by atoms with van der Waals surface area (Å²) in [5, 5.41) is 0. The van der Waals surface area contributed by atoms with Crippen LogP contribution in [0.15, 0.2) is 12.5 Å². The Morgan fingerprint density at radius 2 is 2.36 bits per heavy atom. The zero-order valence-electron chi connectivity index (χ0n) is 14.9. The van der Waals surface area contributed by atoms with Crippen molar-refractivity contribution < 1.29 is 27.4 Å². The molecule has 3 unspecified atom stereocenters. The second-order valence-electron chi connectivity index (χ2n) is 5.60. The van der Waals surface area contributed by atoms with E-state index in [9.17, 15) is 4.39 Å². The van der Waals surface area contributed by atoms with Crippen LogP contribution in [0.3, 0.4) is 0 Å². The molecule has 1 aliphatic heterocycles. The first-order valence-electron chi connectivity index (χ1n) is 8.21. The number of hydrogen-bond acceptors (Lipinski definition) is 10. The molecule has 3 heterocycles. The molecule has 0 aromatic carbocycles. The van der Waals surface area contributed by atoms with Crippen LogP contribution in [0.2, 0.25) is 0 Å². The van der Waals surface area contributed by atoms with Gasteiger partial charge in [-0.2, -0.15) is 4.52 Å². The molecule has 154 valence electrons. The maximum Gasteiger partial charge on any atom is 0.351 e. The Kier molecular flexibility index (Phi) is 8.83. The number of nitrogens with zero attached hydrogens (tertiary/aromatic N) is 4. The third-order valence-corrected chi connectivity index (χ3v) is 6.61. The van der Waals surface area contributed by atoms with E-state index in [-0.39, 0.29) is 19.8 Å². The van der Waals surface area contributed by atoms with Crippen molar-refractivity contribution in [3.8, 4) is 0 Å². The van der Waals surface area contributed by atoms with E-state index in [1.54, 1.807) is 13.3 Å². The number of ether oxygens (including phenoxy) is 2. The van der Waals surface area contributed by atoms with Crippen molar-refractivity contribution in [2.75, 3.05) is 26.9 Å². The first-order chi connectivity index (χ1) is 13.6. The molecule has 2 aromatic rings. The van der Waals surface area contributed by atoms with Crippen LogP contribution in [-0.4, -0.2) is 64.7 Å². The zero-order chi connectivity index (χ0) is 19.9. The average Bonchev–Trinajstić information content (AvgIpc) is 3.24. The van der Waals surface area contributed by atoms with Crippen molar-refractivity contribution in [3.63, 3.8) is 0 Å². The summed E-state index contributed by atoms with van der Waals surface area (Å²) in [4.78, 5) is 12.8. The highest BCUT2D eigenvalue weighted by Gasteiger charge is 2.31. The quantitative estimate of drug-likeness (QED) is 0.406. The van der Waals surface area contributed by atoms with Gasteiger partial charge in [0.2, 0.25) is 7.58 Å². The van der Waals surface area contributed by atoms with Gasteiger partial charge in [-0.05, 0) is 0 Å². The molecule has 0 spiro atoms. The van der Waals surface area contributed by atoms with E-state index in [1.807, 2.05) is 4.57 Å². The summed E-state index contributed by atoms with van der Waals surface area (Å²) in [7, 11) is -0.0416. The van der Waals surface area contributed by atoms with Gasteiger partial charge >= 0.3 is 6.97 Å². The molecule has 14 heteroatoms. The predicted molar refractivity (Wildman–Crippen MR) is 112 cm³/mol. The number of fused-ring (bicyclic) bond motifs is 1. The first-order valence-corrected chi connectivity index (χ1v) is 13.0. The van der Waals surface area contributed by atoms with E-state index in [2.05, 4.69) is 39.4 Å². The molecule has 4 atom stereocenters. The fraction of sp³-hybridized carbons (Fsp3) is 0.571. The largest absolute Gasteiger partial charge is 0.375 e. The highest BCUT2D eigenvalue weighted by atomic mass is 32.7. The third kappa shape index (κ3) is 6.04. The summed E-state index contributed by atoms with van der Waals surface area (Å²) in [6, 6.07) is 0. The standard InChI is InChI=1S/C14H20FN4O5P2S2/c1-20-9-25(27)22-3-2-19-13(18-11-4-16-8-17-14(11)19)7-23-26(28)24-12-6-21-5-10(12)15/h4,8-10,12,27-28H,2-3,5-7H2,1H3/q+1/t10-,12?,26?/m1/s1. The van der Waals surface area contributed by atoms with Crippen LogP contribution in [0.5, 0.6) is 0 Å². The summed E-state index contributed by atoms with van der Waals surface area (Å²) < 4.78 is 42.1. The SMILES string of the molecule is COC=[P+](S)OCCn1c(COP(S)OC2COC[C@H]2F)nc2cncnc21. The van der Waals surface area contributed by atoms with Gasteiger partial charge in [0.1, 0.15) is 49.2 Å². The topological polar surface area (TPSA) is 89.8 Å². The van der Waals surface area contributed by atoms with E-state index in [4.69, 9.17) is 23.0 Å². The lowest BCUT2D eigenvalue weighted by Crippen LogP contribution is -2.21. The van der Waals surface area contributed by atoms with Gasteiger partial charge in [0, 0.05) is 7.11 Å². The van der Waals surface area contributed by atoms with Crippen molar-refractivity contribution >= 4 is 56.2 Å². The van der Waals surface area contributed by atoms with Crippen molar-refractivity contribution in [2.45, 2.75) is 25.4 Å². The normalized spacial score (nSPS) is 21.5. The number of alkyl halides is 1. The molecule has 0 amide bonds. The van der Waals surface area contributed by atoms with Crippen LogP contribution < -0.4 is 0 Å². The maximum atomic E-state index is 13.6. The van der Waals surface area contributed by atoms with Gasteiger partial charge in [-0.1, -0.05) is 12.2 Å². The van der Waals surface area contributed by atoms with Gasteiger partial charge in [-0.15, -0.1) is 0 Å². The minimum atomic E-state index is -1.59. The van der Waals surface area contributed by atoms with Crippen molar-refractivity contribution in [1.29, 1.82) is 0 Å². The fourth-order valence-corrected chi connectivity index (χ4v) is 4.77. The van der Waals surface area contributed by atoms with E-state index >= 15 is 0 Å². The summed E-state index contributed by atoms with van der Waals surface area (Å²) in [6.07, 6.45) is 1.25. The molecule has 9 nitrogen and oxygen atoms in total. The smallest absolute Gasteiger partial charge is 0.351 e. The molecular formula is C14H20FN4O5P2S2+. The fourth-order valence-electron chi connectivity index (χ4n) is 2.48. The number of rotatable bonds is 10. The van der Waals surface area contributed by atoms with Gasteiger partial charge in [0.05, 0.1) is 26.0 Å². The Labute approximate surface area is 174 Å². The predicted octanol–water partition coefficient (Wildman–Crippen LogP) is 2.92. The minimum Gasteiger partial charge on any atom is -0.375 e. The monoisotopic (exact) mass is 469 g/mol. The van der Waals surface area contributed by atoms with Crippen LogP contribution in [0.4, 0.5) is 4.39 Å². The van der Waals surface area contributed by atoms with Crippen LogP contribution in [0.25, 0.3) is 11.2 Å². The third-order valence-electron chi connectivity index (χ3n) is 3.72. The molecule has 0 aliphatic carbocycles. The molecule has 3 rings (SSSR count). The van der Waals surface area contributed by atoms with Crippen LogP contribution in [0, 0.1) is 0 Å². The average molecular weight is 469 g/mol. The van der Waals surface area contributed by atoms with Crippen molar-refractivity contribution in [3.05, 3.63) is 18.3 Å². The van der Waals surface area contributed by atoms with Crippen molar-refractivity contribution in [2.24, 2.45) is 0 Å². The van der Waals surface area contributed by atoms with Crippen LogP contribution in [0.1, 0.15) is 5.82 Å². The molecule has 1 saturated heterocycles. The molecule has 1 aliphatic rings. The van der Waals surface area contributed by atoms with Crippen LogP contribution >= 0.6 is 39.0 Å². The molecule has 2 aromatic heterocycles. The lowest BCUT2D eigenvalue weighted by atomic mass is 10.3. The Morgan fingerprint density at radius 1 is 1.50 bits per heavy atom. The Balaban J connectivity index is 1.63. The lowest BCUT2D eigenvalue weighted by molar-refractivity contribution is 0.123. The number of imidazole rings is 1. The van der Waals surface area contributed by atoms with E-state index < -0.39 is 26.8 Å². The molecule has 28 heavy (non-hydrogen) atoms. The van der Waals surface area contributed by atoms with Gasteiger partial charge in [0.25, 0.3) is 5.98 Å². The minimum absolute atomic E-state index is 0.0320. The highest BCUT2D eigenvalue weighted by Crippen LogP contribution is 2.46. The molecule has 0 N–H and O–H groups in total. The summed E-state index contributed by atoms with van der Waals surface area (Å²) >= 11 is 8.57. The van der Waals surface area contributed by atoms with E-state index in [1.165, 1.54) is 12.3 Å². The Hall–Kier alpha value is -0.420. The van der Waals surface area contributed by atoms with Gasteiger partial charge in [-0.25, -0.2) is 19.3 Å². The van der Waals surface area contributed by atoms with Gasteiger partial charge in [0.15, 0.2) is 11.8 Å². The molecule has 0 radical (unpaired) electrons. The van der Waals surface area contributed by atoms with E-state index in [0.29, 0.717) is 30.1 Å². The molecule has 0 saturated carbocycles. The first kappa shape index (κ1) is 22.3. The number of hydrogen-bond donors (Lipinski definition) is 2. The number of methoxy groups -OCH3 is 1. The second-order valence-corrected chi connectivity index (χ2v) is 9.78. The molecular weight excluding hydrogens is 449 g/mol. The number of halogens is 1. The summed E-state index contributed by atoms with van der Waals surface area (Å²) in [5.41, 5.74) is 1.30. The number of aromatic nitrogens is 4. The summed E-state index contributed by atoms with van der Waals surface area (Å²) in [6.45, 7) is 0.140. The molecule has 0 bridgehead atoms. The van der Waals surface area contributed by atoms with Gasteiger partial charge < -0.3 is 23.1 Å². The maximum absolute atomic E-state index is 13.6. The Bertz CT molecular complexity index is 817.